The van der Waals surface area contributed by atoms with E-state index in [0.29, 0.717) is 5.88 Å². The molecule has 0 radical (unpaired) electrons. The summed E-state index contributed by atoms with van der Waals surface area (Å²) in [6, 6.07) is 1.86. The summed E-state index contributed by atoms with van der Waals surface area (Å²) in [7, 11) is 0. The van der Waals surface area contributed by atoms with E-state index in [9.17, 15) is 0 Å². The number of unbranched alkanes of at least 4 members (excludes halogenated alkanes) is 1. The summed E-state index contributed by atoms with van der Waals surface area (Å²) in [5.41, 5.74) is 0. The standard InChI is InChI=1S/C9H8Cl2S/c10-6-3-1-2-4-9-8(11)5-7-12-9/h5,7H,1,3,6H2. The first-order chi connectivity index (χ1) is 5.84. The van der Waals surface area contributed by atoms with E-state index >= 15 is 0 Å². The van der Waals surface area contributed by atoms with Gasteiger partial charge in [-0.3, -0.25) is 0 Å². The van der Waals surface area contributed by atoms with E-state index in [2.05, 4.69) is 11.8 Å². The number of thiophene rings is 1. The highest BCUT2D eigenvalue weighted by molar-refractivity contribution is 7.11. The fraction of sp³-hybridized carbons (Fsp3) is 0.333. The summed E-state index contributed by atoms with van der Waals surface area (Å²) < 4.78 is 0. The molecule has 12 heavy (non-hydrogen) atoms. The number of hydrogen-bond donors (Lipinski definition) is 0. The number of alkyl halides is 1. The van der Waals surface area contributed by atoms with E-state index in [1.807, 2.05) is 11.4 Å². The van der Waals surface area contributed by atoms with Gasteiger partial charge in [0.15, 0.2) is 0 Å². The molecule has 0 fully saturated rings. The van der Waals surface area contributed by atoms with Crippen LogP contribution in [0.25, 0.3) is 0 Å². The third kappa shape index (κ3) is 3.06. The maximum Gasteiger partial charge on any atom is 0.0954 e. The van der Waals surface area contributed by atoms with Crippen LogP contribution in [0.5, 0.6) is 0 Å². The number of hydrogen-bond acceptors (Lipinski definition) is 1. The maximum atomic E-state index is 5.83. The van der Waals surface area contributed by atoms with Gasteiger partial charge in [-0.2, -0.15) is 0 Å². The zero-order valence-electron chi connectivity index (χ0n) is 6.44. The van der Waals surface area contributed by atoms with Gasteiger partial charge >= 0.3 is 0 Å². The van der Waals surface area contributed by atoms with Gasteiger partial charge in [-0.15, -0.1) is 22.9 Å². The van der Waals surface area contributed by atoms with Crippen molar-refractivity contribution in [3.8, 4) is 11.8 Å². The Balaban J connectivity index is 2.49. The highest BCUT2D eigenvalue weighted by atomic mass is 35.5. The molecule has 0 aliphatic carbocycles. The van der Waals surface area contributed by atoms with Crippen LogP contribution in [0.1, 0.15) is 17.7 Å². The molecule has 0 aromatic carbocycles. The van der Waals surface area contributed by atoms with Crippen molar-refractivity contribution in [1.82, 2.24) is 0 Å². The van der Waals surface area contributed by atoms with Crippen LogP contribution in [0.4, 0.5) is 0 Å². The minimum atomic E-state index is 0.673. The molecule has 0 saturated carbocycles. The van der Waals surface area contributed by atoms with Gasteiger partial charge in [-0.25, -0.2) is 0 Å². The minimum absolute atomic E-state index is 0.673. The molecule has 0 saturated heterocycles. The lowest BCUT2D eigenvalue weighted by Gasteiger charge is -1.83. The van der Waals surface area contributed by atoms with Crippen molar-refractivity contribution < 1.29 is 0 Å². The molecule has 1 rings (SSSR count). The third-order valence-corrected chi connectivity index (χ3v) is 2.78. The molecule has 64 valence electrons. The predicted molar refractivity (Wildman–Crippen MR) is 56.2 cm³/mol. The Bertz CT molecular complexity index is 293. The van der Waals surface area contributed by atoms with Gasteiger partial charge in [0.2, 0.25) is 0 Å². The van der Waals surface area contributed by atoms with Gasteiger partial charge in [-0.05, 0) is 17.9 Å². The van der Waals surface area contributed by atoms with Crippen LogP contribution in [0, 0.1) is 11.8 Å². The van der Waals surface area contributed by atoms with Crippen molar-refractivity contribution >= 4 is 34.5 Å². The Kier molecular flexibility index (Phi) is 4.53. The highest BCUT2D eigenvalue weighted by Gasteiger charge is 1.94. The topological polar surface area (TPSA) is 0 Å². The van der Waals surface area contributed by atoms with E-state index in [-0.39, 0.29) is 0 Å². The third-order valence-electron chi connectivity index (χ3n) is 1.25. The van der Waals surface area contributed by atoms with E-state index in [0.717, 1.165) is 22.7 Å². The molecule has 1 aromatic heterocycles. The van der Waals surface area contributed by atoms with Gasteiger partial charge in [0.25, 0.3) is 0 Å². The van der Waals surface area contributed by atoms with Crippen molar-refractivity contribution in [2.75, 3.05) is 5.88 Å². The fourth-order valence-corrected chi connectivity index (χ4v) is 1.79. The van der Waals surface area contributed by atoms with E-state index in [1.165, 1.54) is 0 Å². The molecule has 0 aliphatic rings. The largest absolute Gasteiger partial charge is 0.134 e. The van der Waals surface area contributed by atoms with Crippen molar-refractivity contribution in [3.05, 3.63) is 21.3 Å². The molecular formula is C9H8Cl2S. The molecule has 0 atom stereocenters. The van der Waals surface area contributed by atoms with Crippen molar-refractivity contribution in [3.63, 3.8) is 0 Å². The van der Waals surface area contributed by atoms with Crippen LogP contribution in [-0.2, 0) is 0 Å². The van der Waals surface area contributed by atoms with Crippen LogP contribution in [0.15, 0.2) is 11.4 Å². The molecule has 0 spiro atoms. The van der Waals surface area contributed by atoms with Crippen LogP contribution in [-0.4, -0.2) is 5.88 Å². The van der Waals surface area contributed by atoms with Crippen LogP contribution in [0.2, 0.25) is 5.02 Å². The second-order valence-corrected chi connectivity index (χ2v) is 3.89. The van der Waals surface area contributed by atoms with E-state index in [4.69, 9.17) is 23.2 Å². The Morgan fingerprint density at radius 2 is 2.33 bits per heavy atom. The van der Waals surface area contributed by atoms with Crippen molar-refractivity contribution in [2.45, 2.75) is 12.8 Å². The fourth-order valence-electron chi connectivity index (χ4n) is 0.681. The first-order valence-electron chi connectivity index (χ1n) is 3.62. The SMILES string of the molecule is ClCCCC#Cc1sccc1Cl. The highest BCUT2D eigenvalue weighted by Crippen LogP contribution is 2.20. The summed E-state index contributed by atoms with van der Waals surface area (Å²) in [6.45, 7) is 0. The molecule has 0 aliphatic heterocycles. The van der Waals surface area contributed by atoms with Crippen LogP contribution in [0.3, 0.4) is 0 Å². The Hall–Kier alpha value is -0.160. The van der Waals surface area contributed by atoms with Gasteiger partial charge in [0, 0.05) is 12.3 Å². The molecule has 1 aromatic rings. The maximum absolute atomic E-state index is 5.83. The average molecular weight is 219 g/mol. The second-order valence-electron chi connectivity index (χ2n) is 2.19. The quantitative estimate of drug-likeness (QED) is 0.403. The van der Waals surface area contributed by atoms with E-state index < -0.39 is 0 Å². The van der Waals surface area contributed by atoms with Crippen LogP contribution < -0.4 is 0 Å². The second kappa shape index (κ2) is 5.48. The normalized spacial score (nSPS) is 9.17. The van der Waals surface area contributed by atoms with Gasteiger partial charge in [-0.1, -0.05) is 23.4 Å². The zero-order valence-corrected chi connectivity index (χ0v) is 8.77. The predicted octanol–water partition coefficient (Wildman–Crippen LogP) is 3.77. The molecule has 0 N–H and O–H groups in total. The zero-order chi connectivity index (χ0) is 8.81. The first kappa shape index (κ1) is 9.92. The van der Waals surface area contributed by atoms with Crippen molar-refractivity contribution in [2.24, 2.45) is 0 Å². The summed E-state index contributed by atoms with van der Waals surface area (Å²) in [5, 5.41) is 2.69. The summed E-state index contributed by atoms with van der Waals surface area (Å²) in [4.78, 5) is 0.950. The molecular weight excluding hydrogens is 211 g/mol. The summed E-state index contributed by atoms with van der Waals surface area (Å²) >= 11 is 12.9. The molecule has 0 nitrogen and oxygen atoms in total. The summed E-state index contributed by atoms with van der Waals surface area (Å²) in [6.07, 6.45) is 1.79. The lowest BCUT2D eigenvalue weighted by molar-refractivity contribution is 0.991. The van der Waals surface area contributed by atoms with E-state index in [1.54, 1.807) is 11.3 Å². The Morgan fingerprint density at radius 3 is 2.92 bits per heavy atom. The van der Waals surface area contributed by atoms with Crippen molar-refractivity contribution in [1.29, 1.82) is 0 Å². The number of halogens is 2. The summed E-state index contributed by atoms with van der Waals surface area (Å²) in [5.74, 6) is 6.70. The lowest BCUT2D eigenvalue weighted by Crippen LogP contribution is -1.71. The monoisotopic (exact) mass is 218 g/mol. The van der Waals surface area contributed by atoms with Gasteiger partial charge in [0.05, 0.1) is 9.90 Å². The smallest absolute Gasteiger partial charge is 0.0954 e. The molecule has 1 heterocycles. The van der Waals surface area contributed by atoms with Crippen LogP contribution >= 0.6 is 34.5 Å². The lowest BCUT2D eigenvalue weighted by atomic mass is 10.3. The molecule has 0 bridgehead atoms. The molecule has 0 unspecified atom stereocenters. The average Bonchev–Trinajstić information content (AvgIpc) is 2.46. The molecule has 3 heteroatoms. The first-order valence-corrected chi connectivity index (χ1v) is 5.41. The molecule has 0 amide bonds. The van der Waals surface area contributed by atoms with Gasteiger partial charge < -0.3 is 0 Å². The Morgan fingerprint density at radius 1 is 1.50 bits per heavy atom. The van der Waals surface area contributed by atoms with Gasteiger partial charge in [0.1, 0.15) is 0 Å². The Labute approximate surface area is 86.5 Å². The minimum Gasteiger partial charge on any atom is -0.134 e. The number of rotatable bonds is 2.